The first-order valence-corrected chi connectivity index (χ1v) is 9.64. The van der Waals surface area contributed by atoms with Crippen molar-refractivity contribution in [2.75, 3.05) is 5.32 Å². The summed E-state index contributed by atoms with van der Waals surface area (Å²) >= 11 is 3.38. The van der Waals surface area contributed by atoms with E-state index < -0.39 is 5.60 Å². The fraction of sp³-hybridized carbons (Fsp3) is 0.227. The molecule has 28 heavy (non-hydrogen) atoms. The number of aliphatic hydroxyl groups is 1. The molecule has 1 heterocycles. The van der Waals surface area contributed by atoms with E-state index in [2.05, 4.69) is 21.2 Å². The molecule has 3 aromatic rings. The molecule has 0 fully saturated rings. The maximum absolute atomic E-state index is 12.7. The Bertz CT molecular complexity index is 976. The van der Waals surface area contributed by atoms with Gasteiger partial charge >= 0.3 is 0 Å². The molecule has 0 aliphatic heterocycles. The average Bonchev–Trinajstić information content (AvgIpc) is 3.12. The molecule has 0 atom stereocenters. The van der Waals surface area contributed by atoms with Crippen molar-refractivity contribution in [2.45, 2.75) is 33.0 Å². The number of carbonyl (C=O) groups is 1. The lowest BCUT2D eigenvalue weighted by Crippen LogP contribution is -2.42. The summed E-state index contributed by atoms with van der Waals surface area (Å²) < 4.78 is 12.4. The molecule has 0 aliphatic carbocycles. The summed E-state index contributed by atoms with van der Waals surface area (Å²) in [6.07, 6.45) is 0. The van der Waals surface area contributed by atoms with Gasteiger partial charge in [-0.25, -0.2) is 0 Å². The standard InChI is InChI=1S/C22H22BrNO4/c1-14-12-16(6-10-19(14)20-11-9-18(13-25)27-20)24-21(26)22(2,3)28-17-7-4-15(23)5-8-17/h4-12,25H,13H2,1-3H3,(H,24,26). The van der Waals surface area contributed by atoms with Crippen LogP contribution in [0.5, 0.6) is 5.75 Å². The molecule has 0 unspecified atom stereocenters. The maximum atomic E-state index is 12.7. The molecular formula is C22H22BrNO4. The van der Waals surface area contributed by atoms with Gasteiger partial charge in [0.25, 0.3) is 5.91 Å². The van der Waals surface area contributed by atoms with Crippen LogP contribution in [-0.4, -0.2) is 16.6 Å². The van der Waals surface area contributed by atoms with Crippen molar-refractivity contribution in [1.82, 2.24) is 0 Å². The Labute approximate surface area is 172 Å². The Morgan fingerprint density at radius 1 is 1.14 bits per heavy atom. The van der Waals surface area contributed by atoms with Crippen LogP contribution in [0.4, 0.5) is 5.69 Å². The monoisotopic (exact) mass is 443 g/mol. The molecular weight excluding hydrogens is 422 g/mol. The number of ether oxygens (including phenoxy) is 1. The number of halogens is 1. The van der Waals surface area contributed by atoms with Crippen LogP contribution in [0.3, 0.4) is 0 Å². The lowest BCUT2D eigenvalue weighted by molar-refractivity contribution is -0.128. The lowest BCUT2D eigenvalue weighted by Gasteiger charge is -2.25. The highest BCUT2D eigenvalue weighted by Gasteiger charge is 2.30. The largest absolute Gasteiger partial charge is 0.478 e. The quantitative estimate of drug-likeness (QED) is 0.541. The minimum atomic E-state index is -1.04. The first kappa shape index (κ1) is 20.2. The molecule has 0 saturated heterocycles. The van der Waals surface area contributed by atoms with Gasteiger partial charge in [-0.05, 0) is 80.9 Å². The molecule has 5 nitrogen and oxygen atoms in total. The van der Waals surface area contributed by atoms with Crippen LogP contribution in [0.25, 0.3) is 11.3 Å². The molecule has 0 spiro atoms. The van der Waals surface area contributed by atoms with Crippen LogP contribution >= 0.6 is 15.9 Å². The van der Waals surface area contributed by atoms with E-state index in [0.29, 0.717) is 23.0 Å². The second-order valence-electron chi connectivity index (χ2n) is 6.97. The van der Waals surface area contributed by atoms with Gasteiger partial charge in [0.1, 0.15) is 23.9 Å². The average molecular weight is 444 g/mol. The van der Waals surface area contributed by atoms with Crippen LogP contribution in [0.1, 0.15) is 25.2 Å². The van der Waals surface area contributed by atoms with Gasteiger partial charge in [-0.3, -0.25) is 4.79 Å². The third-order valence-corrected chi connectivity index (χ3v) is 4.83. The summed E-state index contributed by atoms with van der Waals surface area (Å²) in [4.78, 5) is 12.7. The van der Waals surface area contributed by atoms with Crippen molar-refractivity contribution in [2.24, 2.45) is 0 Å². The number of amides is 1. The predicted molar refractivity (Wildman–Crippen MR) is 112 cm³/mol. The van der Waals surface area contributed by atoms with Crippen molar-refractivity contribution in [3.63, 3.8) is 0 Å². The smallest absolute Gasteiger partial charge is 0.267 e. The first-order valence-electron chi connectivity index (χ1n) is 8.85. The van der Waals surface area contributed by atoms with E-state index >= 15 is 0 Å². The Morgan fingerprint density at radius 3 is 2.46 bits per heavy atom. The van der Waals surface area contributed by atoms with Crippen molar-refractivity contribution < 1.29 is 19.1 Å². The van der Waals surface area contributed by atoms with E-state index in [-0.39, 0.29) is 12.5 Å². The highest BCUT2D eigenvalue weighted by molar-refractivity contribution is 9.10. The molecule has 1 aromatic heterocycles. The number of anilines is 1. The summed E-state index contributed by atoms with van der Waals surface area (Å²) in [5, 5.41) is 12.1. The second-order valence-corrected chi connectivity index (χ2v) is 7.89. The number of hydrogen-bond donors (Lipinski definition) is 2. The minimum absolute atomic E-state index is 0.138. The molecule has 2 aromatic carbocycles. The molecule has 1 amide bonds. The van der Waals surface area contributed by atoms with Gasteiger partial charge in [0.2, 0.25) is 0 Å². The number of hydrogen-bond acceptors (Lipinski definition) is 4. The van der Waals surface area contributed by atoms with Crippen LogP contribution < -0.4 is 10.1 Å². The molecule has 0 aliphatic rings. The number of rotatable bonds is 6. The summed E-state index contributed by atoms with van der Waals surface area (Å²) in [5.41, 5.74) is 1.48. The second kappa shape index (κ2) is 8.20. The minimum Gasteiger partial charge on any atom is -0.478 e. The third kappa shape index (κ3) is 4.64. The number of nitrogens with one attached hydrogen (secondary N) is 1. The highest BCUT2D eigenvalue weighted by Crippen LogP contribution is 2.28. The predicted octanol–water partition coefficient (Wildman–Crippen LogP) is 5.31. The van der Waals surface area contributed by atoms with Crippen LogP contribution in [-0.2, 0) is 11.4 Å². The third-order valence-electron chi connectivity index (χ3n) is 4.30. The Hall–Kier alpha value is -2.57. The topological polar surface area (TPSA) is 71.7 Å². The van der Waals surface area contributed by atoms with E-state index in [1.165, 1.54) is 0 Å². The lowest BCUT2D eigenvalue weighted by atomic mass is 10.0. The Balaban J connectivity index is 1.72. The van der Waals surface area contributed by atoms with Gasteiger partial charge in [-0.1, -0.05) is 15.9 Å². The van der Waals surface area contributed by atoms with Crippen molar-refractivity contribution in [3.05, 3.63) is 70.4 Å². The molecule has 0 radical (unpaired) electrons. The van der Waals surface area contributed by atoms with E-state index in [0.717, 1.165) is 15.6 Å². The Morgan fingerprint density at radius 2 is 1.86 bits per heavy atom. The van der Waals surface area contributed by atoms with Gasteiger partial charge in [0.15, 0.2) is 5.60 Å². The SMILES string of the molecule is Cc1cc(NC(=O)C(C)(C)Oc2ccc(Br)cc2)ccc1-c1ccc(CO)o1. The van der Waals surface area contributed by atoms with Crippen molar-refractivity contribution >= 4 is 27.5 Å². The molecule has 6 heteroatoms. The number of aryl methyl sites for hydroxylation is 1. The fourth-order valence-electron chi connectivity index (χ4n) is 2.75. The summed E-state index contributed by atoms with van der Waals surface area (Å²) in [5.74, 6) is 1.56. The fourth-order valence-corrected chi connectivity index (χ4v) is 3.02. The van der Waals surface area contributed by atoms with Crippen LogP contribution in [0, 0.1) is 6.92 Å². The highest BCUT2D eigenvalue weighted by atomic mass is 79.9. The summed E-state index contributed by atoms with van der Waals surface area (Å²) in [7, 11) is 0. The van der Waals surface area contributed by atoms with Crippen molar-refractivity contribution in [3.8, 4) is 17.1 Å². The molecule has 3 rings (SSSR count). The normalized spacial score (nSPS) is 11.3. The zero-order valence-corrected chi connectivity index (χ0v) is 17.5. The number of carbonyl (C=O) groups excluding carboxylic acids is 1. The van der Waals surface area contributed by atoms with Gasteiger partial charge in [0, 0.05) is 15.7 Å². The van der Waals surface area contributed by atoms with Gasteiger partial charge in [-0.2, -0.15) is 0 Å². The summed E-state index contributed by atoms with van der Waals surface area (Å²) in [6.45, 7) is 5.26. The van der Waals surface area contributed by atoms with Gasteiger partial charge in [-0.15, -0.1) is 0 Å². The molecule has 0 saturated carbocycles. The van der Waals surface area contributed by atoms with Crippen LogP contribution in [0.15, 0.2) is 63.5 Å². The molecule has 146 valence electrons. The van der Waals surface area contributed by atoms with Crippen LogP contribution in [0.2, 0.25) is 0 Å². The maximum Gasteiger partial charge on any atom is 0.267 e. The van der Waals surface area contributed by atoms with E-state index in [1.54, 1.807) is 19.9 Å². The van der Waals surface area contributed by atoms with Crippen molar-refractivity contribution in [1.29, 1.82) is 0 Å². The van der Waals surface area contributed by atoms with E-state index in [9.17, 15) is 4.79 Å². The van der Waals surface area contributed by atoms with Gasteiger partial charge in [0.05, 0.1) is 0 Å². The van der Waals surface area contributed by atoms with E-state index in [1.807, 2.05) is 55.5 Å². The Kier molecular flexibility index (Phi) is 5.91. The molecule has 2 N–H and O–H groups in total. The van der Waals surface area contributed by atoms with E-state index in [4.69, 9.17) is 14.3 Å². The summed E-state index contributed by atoms with van der Waals surface area (Å²) in [6, 6.07) is 16.5. The number of aliphatic hydroxyl groups excluding tert-OH is 1. The number of furan rings is 1. The zero-order chi connectivity index (χ0) is 20.3. The first-order chi connectivity index (χ1) is 13.3. The van der Waals surface area contributed by atoms with Gasteiger partial charge < -0.3 is 19.6 Å². The zero-order valence-electron chi connectivity index (χ0n) is 16.0. The molecule has 0 bridgehead atoms. The number of benzene rings is 2.